The van der Waals surface area contributed by atoms with Crippen LogP contribution in [0, 0.1) is 56.7 Å². The molecule has 1 aromatic heterocycles. The molecule has 2 saturated heterocycles. The van der Waals surface area contributed by atoms with Gasteiger partial charge < -0.3 is 39.7 Å². The van der Waals surface area contributed by atoms with Crippen LogP contribution in [0.2, 0.25) is 0 Å². The summed E-state index contributed by atoms with van der Waals surface area (Å²) in [5.74, 6) is -0.0975. The second-order valence-electron chi connectivity index (χ2n) is 18.4. The molecule has 0 radical (unpaired) electrons. The first-order valence-electron chi connectivity index (χ1n) is 19.0. The molecule has 1 unspecified atom stereocenters. The van der Waals surface area contributed by atoms with Crippen LogP contribution >= 0.6 is 0 Å². The first kappa shape index (κ1) is 36.5. The van der Waals surface area contributed by atoms with Gasteiger partial charge >= 0.3 is 5.97 Å². The van der Waals surface area contributed by atoms with E-state index in [0.29, 0.717) is 32.0 Å². The zero-order valence-electron chi connectivity index (χ0n) is 30.9. The van der Waals surface area contributed by atoms with E-state index >= 15 is 0 Å². The van der Waals surface area contributed by atoms with Crippen molar-refractivity contribution in [3.63, 3.8) is 0 Å². The first-order valence-corrected chi connectivity index (χ1v) is 19.0. The number of aliphatic carboxylic acids is 1. The number of carbonyl (C=O) groups is 1. The molecule has 2 bridgehead atoms. The van der Waals surface area contributed by atoms with Crippen molar-refractivity contribution in [3.05, 3.63) is 30.1 Å². The van der Waals surface area contributed by atoms with Crippen LogP contribution in [0.15, 0.2) is 30.1 Å². The van der Waals surface area contributed by atoms with Crippen LogP contribution in [0.4, 0.5) is 0 Å². The predicted octanol–water partition coefficient (Wildman–Crippen LogP) is 4.20. The summed E-state index contributed by atoms with van der Waals surface area (Å²) in [6, 6.07) is 1.62. The summed E-state index contributed by atoms with van der Waals surface area (Å²) in [6.07, 6.45) is 3.81. The quantitative estimate of drug-likeness (QED) is 0.206. The molecule has 2 aliphatic heterocycles. The highest BCUT2D eigenvalue weighted by Gasteiger charge is 2.72. The minimum absolute atomic E-state index is 0.172. The van der Waals surface area contributed by atoms with Crippen molar-refractivity contribution in [2.75, 3.05) is 19.8 Å². The number of hydrogen-bond acceptors (Lipinski definition) is 9. The van der Waals surface area contributed by atoms with E-state index in [0.717, 1.165) is 25.7 Å². The highest BCUT2D eigenvalue weighted by atomic mass is 16.7. The van der Waals surface area contributed by atoms with Crippen molar-refractivity contribution < 1.29 is 44.5 Å². The Balaban J connectivity index is 1.29. The van der Waals surface area contributed by atoms with Crippen molar-refractivity contribution in [2.24, 2.45) is 56.7 Å². The van der Waals surface area contributed by atoms with Crippen molar-refractivity contribution in [1.29, 1.82) is 0 Å². The van der Waals surface area contributed by atoms with Gasteiger partial charge in [0, 0.05) is 23.2 Å². The standard InChI is InChI=1S/C39H60N2O9/c1-21(2)22(3)35(4)13-14-37(6)23-9-10-27-36(5)19-48-20-39(27,24(23)11-12-38(37,7)31(35)33(46)47)17-25(41-16-8-15-40-41)32(36)50-34-30(45)29(44)28(43)26(18-42)49-34/h8,11,15-16,21-23,25-32,34,42-45H,9-10,12-14,17-20H2,1-7H3,(H,46,47)/t22-,23+,25-,26-,27+,28-,29+,30-,31-,32+,34+,35-,36?,37-,38+,39+/m1/s1. The van der Waals surface area contributed by atoms with E-state index in [1.165, 1.54) is 5.57 Å². The molecular formula is C39H60N2O9. The molecule has 3 heterocycles. The lowest BCUT2D eigenvalue weighted by atomic mass is 9.34. The third-order valence-corrected chi connectivity index (χ3v) is 16.1. The Kier molecular flexibility index (Phi) is 9.02. The maximum atomic E-state index is 13.4. The molecule has 0 aromatic carbocycles. The van der Waals surface area contributed by atoms with E-state index in [9.17, 15) is 30.3 Å². The summed E-state index contributed by atoms with van der Waals surface area (Å²) in [4.78, 5) is 13.4. The smallest absolute Gasteiger partial charge is 0.307 e. The number of ether oxygens (including phenoxy) is 3. The number of aliphatic hydroxyl groups is 4. The molecular weight excluding hydrogens is 640 g/mol. The number of nitrogens with zero attached hydrogens (tertiary/aromatic N) is 2. The van der Waals surface area contributed by atoms with E-state index in [4.69, 9.17) is 19.3 Å². The first-order chi connectivity index (χ1) is 23.5. The third-order valence-electron chi connectivity index (χ3n) is 16.1. The van der Waals surface area contributed by atoms with Crippen molar-refractivity contribution >= 4 is 5.97 Å². The summed E-state index contributed by atoms with van der Waals surface area (Å²) in [7, 11) is 0. The van der Waals surface area contributed by atoms with Crippen LogP contribution < -0.4 is 0 Å². The van der Waals surface area contributed by atoms with Gasteiger partial charge in [0.25, 0.3) is 0 Å². The van der Waals surface area contributed by atoms with E-state index < -0.39 is 66.1 Å². The second-order valence-corrected chi connectivity index (χ2v) is 18.4. The number of allylic oxidation sites excluding steroid dienone is 1. The summed E-state index contributed by atoms with van der Waals surface area (Å²) in [5.41, 5.74) is -0.400. The molecule has 16 atom stereocenters. The van der Waals surface area contributed by atoms with Gasteiger partial charge in [-0.1, -0.05) is 60.1 Å². The molecule has 7 rings (SSSR count). The lowest BCUT2D eigenvalue weighted by Gasteiger charge is -2.71. The van der Waals surface area contributed by atoms with Crippen LogP contribution in [0.5, 0.6) is 0 Å². The average molecular weight is 701 g/mol. The monoisotopic (exact) mass is 700 g/mol. The fourth-order valence-corrected chi connectivity index (χ4v) is 12.9. The summed E-state index contributed by atoms with van der Waals surface area (Å²) < 4.78 is 21.2. The summed E-state index contributed by atoms with van der Waals surface area (Å²) in [6.45, 7) is 16.3. The van der Waals surface area contributed by atoms with Crippen LogP contribution in [0.3, 0.4) is 0 Å². The molecule has 5 N–H and O–H groups in total. The SMILES string of the molecule is CC(C)[C@@H](C)[C@@]1(C)CC[C@]2(C)[C@H]3CC[C@H]4C5(C)COC[C@@]4(C[C@@H](n4cccn4)[C@@H]5O[C@@H]4O[C@H](CO)[C@@H](O)[C@H](O)[C@H]4O)C3=CC[C@@]2(C)[C@@H]1C(=O)O. The maximum Gasteiger partial charge on any atom is 0.307 e. The fraction of sp³-hybridized carbons (Fsp3) is 0.846. The van der Waals surface area contributed by atoms with Gasteiger partial charge in [-0.3, -0.25) is 9.48 Å². The van der Waals surface area contributed by atoms with Gasteiger partial charge in [0.2, 0.25) is 0 Å². The van der Waals surface area contributed by atoms with Gasteiger partial charge in [0.15, 0.2) is 6.29 Å². The lowest BCUT2D eigenvalue weighted by Crippen LogP contribution is -2.70. The number of fused-ring (bicyclic) bond motifs is 3. The predicted molar refractivity (Wildman–Crippen MR) is 183 cm³/mol. The van der Waals surface area contributed by atoms with Crippen molar-refractivity contribution in [3.8, 4) is 0 Å². The summed E-state index contributed by atoms with van der Waals surface area (Å²) >= 11 is 0. The Bertz CT molecular complexity index is 1470. The molecule has 4 aliphatic carbocycles. The Morgan fingerprint density at radius 3 is 2.42 bits per heavy atom. The number of hydrogen-bond donors (Lipinski definition) is 5. The fourth-order valence-electron chi connectivity index (χ4n) is 12.9. The Morgan fingerprint density at radius 1 is 1.04 bits per heavy atom. The Labute approximate surface area is 296 Å². The minimum Gasteiger partial charge on any atom is -0.481 e. The van der Waals surface area contributed by atoms with Crippen LogP contribution in [-0.4, -0.2) is 97.9 Å². The van der Waals surface area contributed by atoms with Crippen molar-refractivity contribution in [1.82, 2.24) is 9.78 Å². The molecule has 1 aromatic rings. The minimum atomic E-state index is -1.54. The van der Waals surface area contributed by atoms with E-state index in [2.05, 4.69) is 54.5 Å². The van der Waals surface area contributed by atoms with Crippen LogP contribution in [0.25, 0.3) is 0 Å². The molecule has 11 nitrogen and oxygen atoms in total. The van der Waals surface area contributed by atoms with Gasteiger partial charge in [0.1, 0.15) is 24.4 Å². The molecule has 5 fully saturated rings. The number of carboxylic acids is 1. The molecule has 0 amide bonds. The van der Waals surface area contributed by atoms with Gasteiger partial charge in [-0.25, -0.2) is 0 Å². The third kappa shape index (κ3) is 4.86. The van der Waals surface area contributed by atoms with Gasteiger partial charge in [-0.2, -0.15) is 5.10 Å². The molecule has 0 spiro atoms. The zero-order valence-corrected chi connectivity index (χ0v) is 30.9. The normalized spacial score (nSPS) is 50.8. The van der Waals surface area contributed by atoms with Gasteiger partial charge in [-0.05, 0) is 84.5 Å². The molecule has 11 heteroatoms. The number of carboxylic acid groups (broad SMARTS) is 1. The van der Waals surface area contributed by atoms with Gasteiger partial charge in [-0.15, -0.1) is 0 Å². The number of aliphatic hydroxyl groups excluding tert-OH is 4. The number of rotatable bonds is 7. The van der Waals surface area contributed by atoms with Crippen LogP contribution in [-0.2, 0) is 19.0 Å². The molecule has 280 valence electrons. The second kappa shape index (κ2) is 12.4. The van der Waals surface area contributed by atoms with Gasteiger partial charge in [0.05, 0.1) is 37.9 Å². The average Bonchev–Trinajstić information content (AvgIpc) is 3.61. The summed E-state index contributed by atoms with van der Waals surface area (Å²) in [5, 5.41) is 57.8. The number of aromatic nitrogens is 2. The van der Waals surface area contributed by atoms with E-state index in [1.54, 1.807) is 6.20 Å². The topological polar surface area (TPSA) is 164 Å². The largest absolute Gasteiger partial charge is 0.481 e. The highest BCUT2D eigenvalue weighted by molar-refractivity contribution is 5.73. The van der Waals surface area contributed by atoms with E-state index in [1.807, 2.05) is 16.9 Å². The Morgan fingerprint density at radius 2 is 1.78 bits per heavy atom. The molecule has 50 heavy (non-hydrogen) atoms. The van der Waals surface area contributed by atoms with E-state index in [-0.39, 0.29) is 40.0 Å². The van der Waals surface area contributed by atoms with Crippen molar-refractivity contribution in [2.45, 2.75) is 130 Å². The molecule has 6 aliphatic rings. The lowest BCUT2D eigenvalue weighted by molar-refractivity contribution is -0.343. The highest BCUT2D eigenvalue weighted by Crippen LogP contribution is 2.75. The zero-order chi connectivity index (χ0) is 36.2. The molecule has 3 saturated carbocycles. The Hall–Kier alpha value is -1.86. The maximum absolute atomic E-state index is 13.4. The van der Waals surface area contributed by atoms with Crippen LogP contribution in [0.1, 0.15) is 93.0 Å².